The topological polar surface area (TPSA) is 47.9 Å². The number of hydrogen-bond donors (Lipinski definition) is 1. The van der Waals surface area contributed by atoms with Gasteiger partial charge in [0.15, 0.2) is 6.29 Å². The fourth-order valence-electron chi connectivity index (χ4n) is 1.81. The van der Waals surface area contributed by atoms with Gasteiger partial charge in [-0.2, -0.15) is 0 Å². The summed E-state index contributed by atoms with van der Waals surface area (Å²) in [6.07, 6.45) is -0.968. The van der Waals surface area contributed by atoms with Crippen LogP contribution < -0.4 is 0 Å². The van der Waals surface area contributed by atoms with Crippen LogP contribution in [0.4, 0.5) is 0 Å². The third-order valence-corrected chi connectivity index (χ3v) is 2.70. The zero-order valence-electron chi connectivity index (χ0n) is 7.97. The van der Waals surface area contributed by atoms with E-state index in [0.29, 0.717) is 13.2 Å². The molecule has 0 bridgehead atoms. The van der Waals surface area contributed by atoms with Crippen LogP contribution in [0.2, 0.25) is 0 Å². The largest absolute Gasteiger partial charge is 0.390 e. The summed E-state index contributed by atoms with van der Waals surface area (Å²) in [4.78, 5) is 0. The highest BCUT2D eigenvalue weighted by atomic mass is 16.7. The van der Waals surface area contributed by atoms with Gasteiger partial charge in [0.2, 0.25) is 0 Å². The van der Waals surface area contributed by atoms with Crippen molar-refractivity contribution in [3.63, 3.8) is 0 Å². The first-order valence-corrected chi connectivity index (χ1v) is 4.75. The first kappa shape index (κ1) is 9.40. The maximum absolute atomic E-state index is 9.83. The Morgan fingerprint density at radius 3 is 2.69 bits per heavy atom. The molecule has 0 radical (unpaired) electrons. The fourth-order valence-corrected chi connectivity index (χ4v) is 1.81. The Bertz CT molecular complexity index is 180. The smallest absolute Gasteiger partial charge is 0.155 e. The molecule has 13 heavy (non-hydrogen) atoms. The molecule has 0 amide bonds. The third-order valence-electron chi connectivity index (χ3n) is 2.70. The number of hydrogen-bond acceptors (Lipinski definition) is 4. The van der Waals surface area contributed by atoms with Crippen LogP contribution in [-0.4, -0.2) is 42.9 Å². The summed E-state index contributed by atoms with van der Waals surface area (Å²) < 4.78 is 16.3. The maximum atomic E-state index is 9.83. The Morgan fingerprint density at radius 1 is 1.15 bits per heavy atom. The van der Waals surface area contributed by atoms with Crippen LogP contribution in [0.25, 0.3) is 0 Å². The van der Waals surface area contributed by atoms with E-state index < -0.39 is 6.10 Å². The molecule has 4 nitrogen and oxygen atoms in total. The zero-order valence-corrected chi connectivity index (χ0v) is 7.97. The first-order valence-electron chi connectivity index (χ1n) is 4.75. The molecule has 2 aliphatic heterocycles. The lowest BCUT2D eigenvalue weighted by Crippen LogP contribution is -2.56. The van der Waals surface area contributed by atoms with Gasteiger partial charge in [0.05, 0.1) is 19.3 Å². The van der Waals surface area contributed by atoms with Gasteiger partial charge in [0, 0.05) is 5.92 Å². The van der Waals surface area contributed by atoms with Crippen LogP contribution in [-0.2, 0) is 14.2 Å². The third kappa shape index (κ3) is 1.72. The van der Waals surface area contributed by atoms with Gasteiger partial charge in [-0.15, -0.1) is 0 Å². The second kappa shape index (κ2) is 3.53. The predicted octanol–water partition coefficient (Wildman–Crippen LogP) is 0.144. The van der Waals surface area contributed by atoms with Gasteiger partial charge in [0.25, 0.3) is 0 Å². The number of aliphatic hydroxyl groups excluding tert-OH is 1. The second-order valence-electron chi connectivity index (χ2n) is 3.84. The number of fused-ring (bicyclic) bond motifs is 1. The van der Waals surface area contributed by atoms with Crippen molar-refractivity contribution in [2.45, 2.75) is 38.4 Å². The molecule has 0 aromatic rings. The summed E-state index contributed by atoms with van der Waals surface area (Å²) in [6, 6.07) is 0. The summed E-state index contributed by atoms with van der Waals surface area (Å²) in [5.74, 6) is 0.145. The molecule has 2 fully saturated rings. The van der Waals surface area contributed by atoms with Crippen molar-refractivity contribution >= 4 is 0 Å². The monoisotopic (exact) mass is 188 g/mol. The van der Waals surface area contributed by atoms with Crippen LogP contribution in [0.3, 0.4) is 0 Å². The van der Waals surface area contributed by atoms with Gasteiger partial charge >= 0.3 is 0 Å². The minimum absolute atomic E-state index is 0.0950. The number of rotatable bonds is 0. The van der Waals surface area contributed by atoms with Crippen LogP contribution >= 0.6 is 0 Å². The summed E-state index contributed by atoms with van der Waals surface area (Å²) in [7, 11) is 0. The van der Waals surface area contributed by atoms with Crippen LogP contribution in [0.5, 0.6) is 0 Å². The molecule has 0 aromatic heterocycles. The van der Waals surface area contributed by atoms with Crippen molar-refractivity contribution in [2.24, 2.45) is 5.92 Å². The second-order valence-corrected chi connectivity index (χ2v) is 3.84. The Balaban J connectivity index is 2.04. The van der Waals surface area contributed by atoms with Crippen molar-refractivity contribution in [3.8, 4) is 0 Å². The molecule has 2 aliphatic rings. The van der Waals surface area contributed by atoms with E-state index in [1.807, 2.05) is 13.8 Å². The average Bonchev–Trinajstić information content (AvgIpc) is 2.12. The van der Waals surface area contributed by atoms with E-state index in [-0.39, 0.29) is 24.4 Å². The van der Waals surface area contributed by atoms with Gasteiger partial charge in [-0.3, -0.25) is 0 Å². The van der Waals surface area contributed by atoms with Gasteiger partial charge in [0.1, 0.15) is 12.2 Å². The van der Waals surface area contributed by atoms with Crippen LogP contribution in [0, 0.1) is 5.92 Å². The molecule has 76 valence electrons. The van der Waals surface area contributed by atoms with E-state index in [1.165, 1.54) is 0 Å². The normalized spacial score (nSPS) is 51.5. The van der Waals surface area contributed by atoms with Gasteiger partial charge in [-0.05, 0) is 6.92 Å². The Morgan fingerprint density at radius 2 is 1.92 bits per heavy atom. The zero-order chi connectivity index (χ0) is 9.42. The molecular formula is C9H16O4. The van der Waals surface area contributed by atoms with Gasteiger partial charge in [-0.1, -0.05) is 6.92 Å². The molecule has 1 N–H and O–H groups in total. The molecule has 2 rings (SSSR count). The number of ether oxygens (including phenoxy) is 3. The van der Waals surface area contributed by atoms with E-state index in [9.17, 15) is 5.11 Å². The van der Waals surface area contributed by atoms with Crippen LogP contribution in [0.1, 0.15) is 13.8 Å². The summed E-state index contributed by atoms with van der Waals surface area (Å²) in [5, 5.41) is 9.83. The summed E-state index contributed by atoms with van der Waals surface area (Å²) >= 11 is 0. The lowest BCUT2D eigenvalue weighted by Gasteiger charge is -2.43. The minimum Gasteiger partial charge on any atom is -0.390 e. The molecule has 2 saturated heterocycles. The van der Waals surface area contributed by atoms with Crippen molar-refractivity contribution < 1.29 is 19.3 Å². The summed E-state index contributed by atoms with van der Waals surface area (Å²) in [6.45, 7) is 4.91. The highest BCUT2D eigenvalue weighted by molar-refractivity contribution is 4.88. The van der Waals surface area contributed by atoms with Crippen molar-refractivity contribution in [2.75, 3.05) is 13.2 Å². The molecule has 2 heterocycles. The summed E-state index contributed by atoms with van der Waals surface area (Å²) in [5.41, 5.74) is 0. The Labute approximate surface area is 77.8 Å². The SMILES string of the molecule is CC1OCC2OCC(C)C(O)C2O1. The molecular weight excluding hydrogens is 172 g/mol. The van der Waals surface area contributed by atoms with E-state index in [0.717, 1.165) is 0 Å². The molecule has 5 unspecified atom stereocenters. The molecule has 0 aromatic carbocycles. The molecule has 0 spiro atoms. The van der Waals surface area contributed by atoms with Gasteiger partial charge in [-0.25, -0.2) is 0 Å². The lowest BCUT2D eigenvalue weighted by molar-refractivity contribution is -0.298. The van der Waals surface area contributed by atoms with Crippen molar-refractivity contribution in [3.05, 3.63) is 0 Å². The molecule has 5 atom stereocenters. The van der Waals surface area contributed by atoms with Gasteiger partial charge < -0.3 is 19.3 Å². The van der Waals surface area contributed by atoms with Crippen molar-refractivity contribution in [1.29, 1.82) is 0 Å². The highest BCUT2D eigenvalue weighted by Crippen LogP contribution is 2.27. The highest BCUT2D eigenvalue weighted by Gasteiger charge is 2.42. The quantitative estimate of drug-likeness (QED) is 0.587. The van der Waals surface area contributed by atoms with E-state index in [2.05, 4.69) is 0 Å². The lowest BCUT2D eigenvalue weighted by atomic mass is 9.93. The molecule has 0 aliphatic carbocycles. The first-order chi connectivity index (χ1) is 6.18. The average molecular weight is 188 g/mol. The van der Waals surface area contributed by atoms with Crippen molar-refractivity contribution in [1.82, 2.24) is 0 Å². The van der Waals surface area contributed by atoms with E-state index in [1.54, 1.807) is 0 Å². The van der Waals surface area contributed by atoms with Crippen LogP contribution in [0.15, 0.2) is 0 Å². The minimum atomic E-state index is -0.426. The fraction of sp³-hybridized carbons (Fsp3) is 1.00. The Kier molecular flexibility index (Phi) is 2.55. The maximum Gasteiger partial charge on any atom is 0.155 e. The van der Waals surface area contributed by atoms with E-state index >= 15 is 0 Å². The standard InChI is InChI=1S/C9H16O4/c1-5-3-12-7-4-11-6(2)13-9(7)8(5)10/h5-10H,3-4H2,1-2H3. The Hall–Kier alpha value is -0.160. The molecule has 0 saturated carbocycles. The number of aliphatic hydroxyl groups is 1. The van der Waals surface area contributed by atoms with E-state index in [4.69, 9.17) is 14.2 Å². The predicted molar refractivity (Wildman–Crippen MR) is 45.2 cm³/mol. The molecule has 4 heteroatoms.